The Morgan fingerprint density at radius 3 is 2.83 bits per heavy atom. The lowest BCUT2D eigenvalue weighted by molar-refractivity contribution is -0.123. The summed E-state index contributed by atoms with van der Waals surface area (Å²) in [7, 11) is -1.37. The van der Waals surface area contributed by atoms with Crippen LogP contribution in [0.3, 0.4) is 0 Å². The van der Waals surface area contributed by atoms with Gasteiger partial charge in [0.15, 0.2) is 9.84 Å². The zero-order valence-corrected chi connectivity index (χ0v) is 11.8. The fraction of sp³-hybridized carbons (Fsp3) is 0.909. The van der Waals surface area contributed by atoms with Crippen LogP contribution >= 0.6 is 0 Å². The van der Waals surface area contributed by atoms with Crippen LogP contribution in [0.15, 0.2) is 0 Å². The number of nitrogens with one attached hydrogen (secondary N) is 2. The van der Waals surface area contributed by atoms with Gasteiger partial charge in [-0.3, -0.25) is 4.79 Å². The molecule has 0 aromatic heterocycles. The second kappa shape index (κ2) is 7.06. The molecule has 1 aliphatic rings. The fourth-order valence-electron chi connectivity index (χ4n) is 2.01. The molecule has 7 heteroatoms. The predicted octanol–water partition coefficient (Wildman–Crippen LogP) is -0.696. The Morgan fingerprint density at radius 1 is 1.50 bits per heavy atom. The third-order valence-corrected chi connectivity index (χ3v) is 4.77. The molecule has 0 spiro atoms. The van der Waals surface area contributed by atoms with Gasteiger partial charge in [0, 0.05) is 19.7 Å². The van der Waals surface area contributed by atoms with E-state index in [2.05, 4.69) is 10.6 Å². The summed E-state index contributed by atoms with van der Waals surface area (Å²) >= 11 is 0. The van der Waals surface area contributed by atoms with E-state index in [-0.39, 0.29) is 29.5 Å². The van der Waals surface area contributed by atoms with Gasteiger partial charge in [0.25, 0.3) is 0 Å². The fourth-order valence-corrected chi connectivity index (χ4v) is 3.66. The molecule has 0 aliphatic carbocycles. The molecule has 0 aromatic rings. The van der Waals surface area contributed by atoms with Crippen molar-refractivity contribution in [1.29, 1.82) is 0 Å². The Bertz CT molecular complexity index is 369. The van der Waals surface area contributed by atoms with Gasteiger partial charge >= 0.3 is 0 Å². The third-order valence-electron chi connectivity index (χ3n) is 2.95. The van der Waals surface area contributed by atoms with Gasteiger partial charge in [0.05, 0.1) is 24.2 Å². The quantitative estimate of drug-likeness (QED) is 0.628. The lowest BCUT2D eigenvalue weighted by Gasteiger charge is -2.26. The van der Waals surface area contributed by atoms with Gasteiger partial charge in [-0.15, -0.1) is 0 Å². The molecule has 0 bridgehead atoms. The van der Waals surface area contributed by atoms with Crippen LogP contribution in [0.5, 0.6) is 0 Å². The number of methoxy groups -OCH3 is 1. The van der Waals surface area contributed by atoms with Crippen LogP contribution < -0.4 is 10.6 Å². The SMILES string of the molecule is COCCNC(=O)C(C)NC1CCCS(=O)(=O)C1. The molecule has 18 heavy (non-hydrogen) atoms. The molecule has 0 radical (unpaired) electrons. The molecule has 0 saturated carbocycles. The number of hydrogen-bond donors (Lipinski definition) is 2. The number of ether oxygens (including phenoxy) is 1. The van der Waals surface area contributed by atoms with Crippen LogP contribution in [0, 0.1) is 0 Å². The van der Waals surface area contributed by atoms with Crippen LogP contribution in [0.4, 0.5) is 0 Å². The van der Waals surface area contributed by atoms with E-state index in [1.807, 2.05) is 0 Å². The summed E-state index contributed by atoms with van der Waals surface area (Å²) in [6.45, 7) is 2.67. The van der Waals surface area contributed by atoms with Crippen molar-refractivity contribution in [2.45, 2.75) is 31.8 Å². The average molecular weight is 278 g/mol. The lowest BCUT2D eigenvalue weighted by atomic mass is 10.1. The maximum Gasteiger partial charge on any atom is 0.236 e. The van der Waals surface area contributed by atoms with Crippen LogP contribution in [-0.2, 0) is 19.4 Å². The van der Waals surface area contributed by atoms with Crippen molar-refractivity contribution in [3.05, 3.63) is 0 Å². The average Bonchev–Trinajstić information content (AvgIpc) is 2.27. The minimum Gasteiger partial charge on any atom is -0.383 e. The van der Waals surface area contributed by atoms with Gasteiger partial charge in [0.2, 0.25) is 5.91 Å². The first-order valence-electron chi connectivity index (χ1n) is 6.18. The van der Waals surface area contributed by atoms with Crippen molar-refractivity contribution in [1.82, 2.24) is 10.6 Å². The normalized spacial score (nSPS) is 24.4. The second-order valence-electron chi connectivity index (χ2n) is 4.63. The predicted molar refractivity (Wildman–Crippen MR) is 69.2 cm³/mol. The van der Waals surface area contributed by atoms with E-state index in [0.717, 1.165) is 6.42 Å². The molecule has 1 fully saturated rings. The molecular formula is C11H22N2O4S. The summed E-state index contributed by atoms with van der Waals surface area (Å²) < 4.78 is 27.8. The number of hydrogen-bond acceptors (Lipinski definition) is 5. The first kappa shape index (κ1) is 15.4. The van der Waals surface area contributed by atoms with E-state index < -0.39 is 9.84 Å². The molecule has 106 valence electrons. The van der Waals surface area contributed by atoms with Gasteiger partial charge in [0.1, 0.15) is 0 Å². The van der Waals surface area contributed by atoms with Gasteiger partial charge in [-0.05, 0) is 19.8 Å². The van der Waals surface area contributed by atoms with Crippen molar-refractivity contribution in [2.75, 3.05) is 31.8 Å². The number of carbonyl (C=O) groups is 1. The Hall–Kier alpha value is -0.660. The van der Waals surface area contributed by atoms with Crippen LogP contribution in [0.2, 0.25) is 0 Å². The van der Waals surface area contributed by atoms with Crippen molar-refractivity contribution in [2.24, 2.45) is 0 Å². The zero-order chi connectivity index (χ0) is 13.6. The molecular weight excluding hydrogens is 256 g/mol. The monoisotopic (exact) mass is 278 g/mol. The minimum absolute atomic E-state index is 0.119. The molecule has 1 saturated heterocycles. The van der Waals surface area contributed by atoms with E-state index in [1.54, 1.807) is 14.0 Å². The van der Waals surface area contributed by atoms with Crippen molar-refractivity contribution in [3.8, 4) is 0 Å². The summed E-state index contributed by atoms with van der Waals surface area (Å²) in [5.41, 5.74) is 0. The molecule has 2 atom stereocenters. The van der Waals surface area contributed by atoms with Gasteiger partial charge in [-0.1, -0.05) is 0 Å². The molecule has 2 N–H and O–H groups in total. The van der Waals surface area contributed by atoms with Crippen molar-refractivity contribution >= 4 is 15.7 Å². The summed E-state index contributed by atoms with van der Waals surface area (Å²) in [6, 6.07) is -0.507. The first-order chi connectivity index (χ1) is 8.44. The maximum atomic E-state index is 11.7. The number of amides is 1. The van der Waals surface area contributed by atoms with Crippen molar-refractivity contribution < 1.29 is 17.9 Å². The Balaban J connectivity index is 2.34. The topological polar surface area (TPSA) is 84.5 Å². The Labute approximate surface area is 108 Å². The van der Waals surface area contributed by atoms with E-state index in [1.165, 1.54) is 0 Å². The lowest BCUT2D eigenvalue weighted by Crippen LogP contribution is -2.50. The van der Waals surface area contributed by atoms with Gasteiger partial charge < -0.3 is 15.4 Å². The zero-order valence-electron chi connectivity index (χ0n) is 10.9. The molecule has 1 aliphatic heterocycles. The van der Waals surface area contributed by atoms with Crippen LogP contribution in [0.25, 0.3) is 0 Å². The van der Waals surface area contributed by atoms with Crippen LogP contribution in [-0.4, -0.2) is 58.2 Å². The standard InChI is InChI=1S/C11H22N2O4S/c1-9(11(14)12-5-6-17-2)13-10-4-3-7-18(15,16)8-10/h9-10,13H,3-8H2,1-2H3,(H,12,14). The summed E-state index contributed by atoms with van der Waals surface area (Å²) in [5.74, 6) is 0.262. The van der Waals surface area contributed by atoms with Crippen LogP contribution in [0.1, 0.15) is 19.8 Å². The second-order valence-corrected chi connectivity index (χ2v) is 6.85. The third kappa shape index (κ3) is 5.32. The Morgan fingerprint density at radius 2 is 2.22 bits per heavy atom. The molecule has 1 rings (SSSR count). The molecule has 1 heterocycles. The molecule has 6 nitrogen and oxygen atoms in total. The van der Waals surface area contributed by atoms with Crippen molar-refractivity contribution in [3.63, 3.8) is 0 Å². The van der Waals surface area contributed by atoms with Gasteiger partial charge in [-0.2, -0.15) is 0 Å². The number of sulfone groups is 1. The highest BCUT2D eigenvalue weighted by Gasteiger charge is 2.26. The molecule has 2 unspecified atom stereocenters. The van der Waals surface area contributed by atoms with E-state index >= 15 is 0 Å². The van der Waals surface area contributed by atoms with E-state index in [4.69, 9.17) is 4.74 Å². The van der Waals surface area contributed by atoms with E-state index in [9.17, 15) is 13.2 Å². The smallest absolute Gasteiger partial charge is 0.236 e. The molecule has 1 amide bonds. The Kier molecular flexibility index (Phi) is 6.04. The highest BCUT2D eigenvalue weighted by atomic mass is 32.2. The summed E-state index contributed by atoms with van der Waals surface area (Å²) in [6.07, 6.45) is 1.47. The molecule has 0 aromatic carbocycles. The first-order valence-corrected chi connectivity index (χ1v) is 8.00. The minimum atomic E-state index is -2.94. The van der Waals surface area contributed by atoms with E-state index in [0.29, 0.717) is 19.6 Å². The number of rotatable bonds is 6. The summed E-state index contributed by atoms with van der Waals surface area (Å²) in [5, 5.41) is 5.79. The highest BCUT2D eigenvalue weighted by molar-refractivity contribution is 7.91. The number of carbonyl (C=O) groups excluding carboxylic acids is 1. The maximum absolute atomic E-state index is 11.7. The largest absolute Gasteiger partial charge is 0.383 e. The summed E-state index contributed by atoms with van der Waals surface area (Å²) in [4.78, 5) is 11.7. The van der Waals surface area contributed by atoms with Gasteiger partial charge in [-0.25, -0.2) is 8.42 Å². The highest BCUT2D eigenvalue weighted by Crippen LogP contribution is 2.12.